The predicted octanol–water partition coefficient (Wildman–Crippen LogP) is 2.26. The number of hydrogen-bond acceptors (Lipinski definition) is 4. The molecular formula is C17H22N2O3. The summed E-state index contributed by atoms with van der Waals surface area (Å²) in [6, 6.07) is 8.61. The van der Waals surface area contributed by atoms with Gasteiger partial charge in [-0.3, -0.25) is 4.79 Å². The first-order chi connectivity index (χ1) is 10.7. The SMILES string of the molecule is COC(=O)C1C/C=C\CCCC(Nc2ccccc2)C(=O)N1. The van der Waals surface area contributed by atoms with E-state index in [4.69, 9.17) is 4.74 Å². The highest BCUT2D eigenvalue weighted by atomic mass is 16.5. The molecule has 22 heavy (non-hydrogen) atoms. The first-order valence-corrected chi connectivity index (χ1v) is 7.55. The van der Waals surface area contributed by atoms with E-state index in [-0.39, 0.29) is 11.9 Å². The van der Waals surface area contributed by atoms with Crippen LogP contribution in [0, 0.1) is 0 Å². The summed E-state index contributed by atoms with van der Waals surface area (Å²) < 4.78 is 4.75. The van der Waals surface area contributed by atoms with Crippen LogP contribution < -0.4 is 10.6 Å². The number of benzene rings is 1. The molecule has 5 heteroatoms. The Morgan fingerprint density at radius 1 is 1.27 bits per heavy atom. The molecule has 1 aliphatic rings. The number of methoxy groups -OCH3 is 1. The number of hydrogen-bond donors (Lipinski definition) is 2. The first kappa shape index (κ1) is 16.1. The molecule has 1 aromatic carbocycles. The van der Waals surface area contributed by atoms with Crippen LogP contribution in [0.25, 0.3) is 0 Å². The molecule has 2 N–H and O–H groups in total. The fourth-order valence-electron chi connectivity index (χ4n) is 2.42. The van der Waals surface area contributed by atoms with Crippen LogP contribution >= 0.6 is 0 Å². The summed E-state index contributed by atoms with van der Waals surface area (Å²) in [7, 11) is 1.33. The molecule has 0 bridgehead atoms. The van der Waals surface area contributed by atoms with Crippen molar-refractivity contribution in [3.8, 4) is 0 Å². The highest BCUT2D eigenvalue weighted by Gasteiger charge is 2.25. The molecule has 0 saturated carbocycles. The third-order valence-electron chi connectivity index (χ3n) is 3.64. The van der Waals surface area contributed by atoms with Crippen LogP contribution in [0.2, 0.25) is 0 Å². The summed E-state index contributed by atoms with van der Waals surface area (Å²) in [6.45, 7) is 0. The molecule has 1 heterocycles. The molecule has 0 aromatic heterocycles. The normalized spacial score (nSPS) is 24.0. The molecule has 0 radical (unpaired) electrons. The van der Waals surface area contributed by atoms with Crippen LogP contribution in [0.3, 0.4) is 0 Å². The fraction of sp³-hybridized carbons (Fsp3) is 0.412. The zero-order valence-corrected chi connectivity index (χ0v) is 12.7. The maximum atomic E-state index is 12.5. The Kier molecular flexibility index (Phi) is 6.01. The minimum Gasteiger partial charge on any atom is -0.467 e. The van der Waals surface area contributed by atoms with E-state index >= 15 is 0 Å². The first-order valence-electron chi connectivity index (χ1n) is 7.55. The van der Waals surface area contributed by atoms with E-state index in [2.05, 4.69) is 10.6 Å². The van der Waals surface area contributed by atoms with E-state index in [0.29, 0.717) is 12.8 Å². The third-order valence-corrected chi connectivity index (χ3v) is 3.64. The van der Waals surface area contributed by atoms with Crippen molar-refractivity contribution in [2.75, 3.05) is 12.4 Å². The number of nitrogens with one attached hydrogen (secondary N) is 2. The van der Waals surface area contributed by atoms with Crippen molar-refractivity contribution in [3.05, 3.63) is 42.5 Å². The van der Waals surface area contributed by atoms with E-state index in [9.17, 15) is 9.59 Å². The molecule has 0 fully saturated rings. The highest BCUT2D eigenvalue weighted by molar-refractivity contribution is 5.89. The Balaban J connectivity index is 2.09. The molecule has 1 aliphatic heterocycles. The molecule has 2 atom stereocenters. The van der Waals surface area contributed by atoms with Gasteiger partial charge >= 0.3 is 5.97 Å². The van der Waals surface area contributed by atoms with Gasteiger partial charge in [-0.25, -0.2) is 4.79 Å². The molecule has 0 saturated heterocycles. The summed E-state index contributed by atoms with van der Waals surface area (Å²) in [6.07, 6.45) is 6.95. The van der Waals surface area contributed by atoms with Gasteiger partial charge in [-0.15, -0.1) is 0 Å². The summed E-state index contributed by atoms with van der Waals surface area (Å²) in [4.78, 5) is 24.2. The van der Waals surface area contributed by atoms with Crippen LogP contribution in [0.1, 0.15) is 25.7 Å². The molecule has 2 rings (SSSR count). The van der Waals surface area contributed by atoms with Gasteiger partial charge in [0.2, 0.25) is 5.91 Å². The Labute approximate surface area is 130 Å². The second-order valence-electron chi connectivity index (χ2n) is 5.29. The Bertz CT molecular complexity index is 528. The summed E-state index contributed by atoms with van der Waals surface area (Å²) >= 11 is 0. The second-order valence-corrected chi connectivity index (χ2v) is 5.29. The lowest BCUT2D eigenvalue weighted by molar-refractivity contribution is -0.145. The number of allylic oxidation sites excluding steroid dienone is 1. The van der Waals surface area contributed by atoms with Crippen molar-refractivity contribution < 1.29 is 14.3 Å². The van der Waals surface area contributed by atoms with Crippen LogP contribution in [0.4, 0.5) is 5.69 Å². The van der Waals surface area contributed by atoms with E-state index in [1.807, 2.05) is 42.5 Å². The molecule has 1 amide bonds. The summed E-state index contributed by atoms with van der Waals surface area (Å²) in [5, 5.41) is 6.02. The number of rotatable bonds is 3. The van der Waals surface area contributed by atoms with Gasteiger partial charge in [0.25, 0.3) is 0 Å². The third kappa shape index (κ3) is 4.62. The second kappa shape index (κ2) is 8.22. The van der Waals surface area contributed by atoms with Gasteiger partial charge in [0.15, 0.2) is 0 Å². The van der Waals surface area contributed by atoms with Gasteiger partial charge in [0, 0.05) is 5.69 Å². The van der Waals surface area contributed by atoms with Crippen molar-refractivity contribution in [3.63, 3.8) is 0 Å². The highest BCUT2D eigenvalue weighted by Crippen LogP contribution is 2.13. The molecule has 2 unspecified atom stereocenters. The van der Waals surface area contributed by atoms with Crippen LogP contribution in [-0.2, 0) is 14.3 Å². The molecule has 1 aromatic rings. The van der Waals surface area contributed by atoms with Crippen LogP contribution in [-0.4, -0.2) is 31.1 Å². The lowest BCUT2D eigenvalue weighted by Gasteiger charge is -2.23. The summed E-state index contributed by atoms with van der Waals surface area (Å²) in [5.74, 6) is -0.591. The minimum atomic E-state index is -0.632. The average molecular weight is 302 g/mol. The Morgan fingerprint density at radius 2 is 2.05 bits per heavy atom. The average Bonchev–Trinajstić information content (AvgIpc) is 2.55. The standard InChI is InChI=1S/C17H22N2O3/c1-22-17(21)15-12-8-3-2-7-11-14(16(20)19-15)18-13-9-5-4-6-10-13/h3-6,8-10,14-15,18H,2,7,11-12H2,1H3,(H,19,20)/b8-3-. The molecule has 0 aliphatic carbocycles. The predicted molar refractivity (Wildman–Crippen MR) is 85.4 cm³/mol. The fourth-order valence-corrected chi connectivity index (χ4v) is 2.42. The van der Waals surface area contributed by atoms with Crippen molar-refractivity contribution in [2.45, 2.75) is 37.8 Å². The maximum Gasteiger partial charge on any atom is 0.328 e. The van der Waals surface area contributed by atoms with E-state index in [1.54, 1.807) is 0 Å². The lowest BCUT2D eigenvalue weighted by Crippen LogP contribution is -2.48. The number of carbonyl (C=O) groups excluding carboxylic acids is 2. The smallest absolute Gasteiger partial charge is 0.328 e. The summed E-state index contributed by atoms with van der Waals surface area (Å²) in [5.41, 5.74) is 0.893. The number of esters is 1. The van der Waals surface area contributed by atoms with Gasteiger partial charge in [0.1, 0.15) is 12.1 Å². The minimum absolute atomic E-state index is 0.172. The maximum absolute atomic E-state index is 12.5. The van der Waals surface area contributed by atoms with Gasteiger partial charge in [-0.1, -0.05) is 30.4 Å². The Hall–Kier alpha value is -2.30. The number of ether oxygens (including phenoxy) is 1. The van der Waals surface area contributed by atoms with Gasteiger partial charge in [-0.05, 0) is 37.8 Å². The number of amides is 1. The monoisotopic (exact) mass is 302 g/mol. The van der Waals surface area contributed by atoms with Gasteiger partial charge in [-0.2, -0.15) is 0 Å². The van der Waals surface area contributed by atoms with Crippen molar-refractivity contribution in [2.24, 2.45) is 0 Å². The molecule has 118 valence electrons. The van der Waals surface area contributed by atoms with Gasteiger partial charge in [0.05, 0.1) is 7.11 Å². The molecular weight excluding hydrogens is 280 g/mol. The van der Waals surface area contributed by atoms with Crippen molar-refractivity contribution in [1.82, 2.24) is 5.32 Å². The number of carbonyl (C=O) groups is 2. The number of anilines is 1. The molecule has 5 nitrogen and oxygen atoms in total. The van der Waals surface area contributed by atoms with Crippen LogP contribution in [0.5, 0.6) is 0 Å². The number of para-hydroxylation sites is 1. The van der Waals surface area contributed by atoms with E-state index < -0.39 is 12.0 Å². The van der Waals surface area contributed by atoms with Gasteiger partial charge < -0.3 is 15.4 Å². The quantitative estimate of drug-likeness (QED) is 0.664. The Morgan fingerprint density at radius 3 is 2.77 bits per heavy atom. The van der Waals surface area contributed by atoms with Crippen molar-refractivity contribution >= 4 is 17.6 Å². The zero-order chi connectivity index (χ0) is 15.8. The van der Waals surface area contributed by atoms with E-state index in [1.165, 1.54) is 7.11 Å². The zero-order valence-electron chi connectivity index (χ0n) is 12.7. The van der Waals surface area contributed by atoms with Crippen LogP contribution in [0.15, 0.2) is 42.5 Å². The topological polar surface area (TPSA) is 67.4 Å². The van der Waals surface area contributed by atoms with Crippen molar-refractivity contribution in [1.29, 1.82) is 0 Å². The molecule has 0 spiro atoms. The largest absolute Gasteiger partial charge is 0.467 e. The van der Waals surface area contributed by atoms with E-state index in [0.717, 1.165) is 18.5 Å². The lowest BCUT2D eigenvalue weighted by atomic mass is 10.0.